The van der Waals surface area contributed by atoms with E-state index in [4.69, 9.17) is 11.6 Å². The summed E-state index contributed by atoms with van der Waals surface area (Å²) in [7, 11) is -3.77. The molecule has 0 spiro atoms. The molecule has 0 unspecified atom stereocenters. The highest BCUT2D eigenvalue weighted by atomic mass is 35.5. The number of benzene rings is 1. The second kappa shape index (κ2) is 7.81. The summed E-state index contributed by atoms with van der Waals surface area (Å²) >= 11 is 5.61. The van der Waals surface area contributed by atoms with Crippen LogP contribution in [-0.4, -0.2) is 36.3 Å². The van der Waals surface area contributed by atoms with Crippen LogP contribution in [-0.2, 0) is 10.0 Å². The number of nitrogens with one attached hydrogen (secondary N) is 2. The zero-order chi connectivity index (χ0) is 18.6. The van der Waals surface area contributed by atoms with Crippen LogP contribution in [0.2, 0.25) is 5.02 Å². The SMILES string of the molecule is O=S(=O)(NCCNc1ccc(-n2cccc2)nn1)c1ccc(F)c(Cl)c1. The van der Waals surface area contributed by atoms with E-state index >= 15 is 0 Å². The van der Waals surface area contributed by atoms with Gasteiger partial charge in [-0.1, -0.05) is 11.6 Å². The maximum Gasteiger partial charge on any atom is 0.240 e. The Bertz CT molecular complexity index is 978. The molecule has 2 heterocycles. The number of anilines is 1. The van der Waals surface area contributed by atoms with E-state index in [1.165, 1.54) is 0 Å². The van der Waals surface area contributed by atoms with E-state index in [9.17, 15) is 12.8 Å². The molecule has 2 aromatic heterocycles. The Morgan fingerprint density at radius 2 is 1.85 bits per heavy atom. The predicted molar refractivity (Wildman–Crippen MR) is 96.4 cm³/mol. The van der Waals surface area contributed by atoms with E-state index < -0.39 is 15.8 Å². The monoisotopic (exact) mass is 395 g/mol. The van der Waals surface area contributed by atoms with E-state index in [-0.39, 0.29) is 16.5 Å². The predicted octanol–water partition coefficient (Wildman–Crippen LogP) is 2.45. The maximum atomic E-state index is 13.1. The lowest BCUT2D eigenvalue weighted by Crippen LogP contribution is -2.29. The highest BCUT2D eigenvalue weighted by Crippen LogP contribution is 2.19. The van der Waals surface area contributed by atoms with Crippen LogP contribution in [0, 0.1) is 5.82 Å². The second-order valence-electron chi connectivity index (χ2n) is 5.27. The lowest BCUT2D eigenvalue weighted by atomic mass is 10.3. The van der Waals surface area contributed by atoms with Gasteiger partial charge in [-0.2, -0.15) is 0 Å². The first kappa shape index (κ1) is 18.3. The van der Waals surface area contributed by atoms with Crippen LogP contribution in [0.4, 0.5) is 10.2 Å². The Kier molecular flexibility index (Phi) is 5.50. The van der Waals surface area contributed by atoms with Crippen molar-refractivity contribution in [3.05, 3.63) is 65.7 Å². The minimum absolute atomic E-state index is 0.0974. The van der Waals surface area contributed by atoms with Gasteiger partial charge >= 0.3 is 0 Å². The van der Waals surface area contributed by atoms with Crippen LogP contribution in [0.25, 0.3) is 5.82 Å². The van der Waals surface area contributed by atoms with Crippen molar-refractivity contribution in [2.45, 2.75) is 4.90 Å². The molecule has 0 aliphatic rings. The summed E-state index contributed by atoms with van der Waals surface area (Å²) in [6.07, 6.45) is 3.71. The van der Waals surface area contributed by atoms with Gasteiger partial charge in [-0.15, -0.1) is 10.2 Å². The van der Waals surface area contributed by atoms with Gasteiger partial charge < -0.3 is 9.88 Å². The van der Waals surface area contributed by atoms with Crippen LogP contribution < -0.4 is 10.0 Å². The van der Waals surface area contributed by atoms with Gasteiger partial charge in [0.05, 0.1) is 9.92 Å². The molecule has 1 aromatic carbocycles. The van der Waals surface area contributed by atoms with Crippen LogP contribution in [0.1, 0.15) is 0 Å². The summed E-state index contributed by atoms with van der Waals surface area (Å²) in [6, 6.07) is 10.5. The van der Waals surface area contributed by atoms with Crippen LogP contribution in [0.3, 0.4) is 0 Å². The Hall–Kier alpha value is -2.49. The largest absolute Gasteiger partial charge is 0.367 e. The molecule has 0 bridgehead atoms. The van der Waals surface area contributed by atoms with E-state index in [1.807, 2.05) is 29.1 Å². The minimum atomic E-state index is -3.77. The first-order chi connectivity index (χ1) is 12.5. The molecule has 136 valence electrons. The van der Waals surface area contributed by atoms with Crippen LogP contribution >= 0.6 is 11.6 Å². The lowest BCUT2D eigenvalue weighted by molar-refractivity contribution is 0.582. The van der Waals surface area contributed by atoms with Crippen molar-refractivity contribution in [1.29, 1.82) is 0 Å². The van der Waals surface area contributed by atoms with Crippen LogP contribution in [0.5, 0.6) is 0 Å². The number of sulfonamides is 1. The van der Waals surface area contributed by atoms with Crippen molar-refractivity contribution in [1.82, 2.24) is 19.5 Å². The Balaban J connectivity index is 1.52. The smallest absolute Gasteiger partial charge is 0.240 e. The summed E-state index contributed by atoms with van der Waals surface area (Å²) in [5.41, 5.74) is 0. The molecule has 0 saturated heterocycles. The van der Waals surface area contributed by atoms with E-state index in [2.05, 4.69) is 20.2 Å². The van der Waals surface area contributed by atoms with Gasteiger partial charge in [0.2, 0.25) is 10.0 Å². The van der Waals surface area contributed by atoms with Crippen LogP contribution in [0.15, 0.2) is 59.8 Å². The zero-order valence-corrected chi connectivity index (χ0v) is 15.0. The summed E-state index contributed by atoms with van der Waals surface area (Å²) in [5, 5.41) is 10.8. The molecule has 0 aliphatic carbocycles. The molecular weight excluding hydrogens is 381 g/mol. The van der Waals surface area contributed by atoms with Gasteiger partial charge in [0.1, 0.15) is 11.6 Å². The Labute approximate surface area is 154 Å². The maximum absolute atomic E-state index is 13.1. The molecular formula is C16H15ClFN5O2S. The Morgan fingerprint density at radius 3 is 2.50 bits per heavy atom. The molecule has 0 fully saturated rings. The first-order valence-corrected chi connectivity index (χ1v) is 9.47. The van der Waals surface area contributed by atoms with Crippen molar-refractivity contribution >= 4 is 27.4 Å². The number of nitrogens with zero attached hydrogens (tertiary/aromatic N) is 3. The highest BCUT2D eigenvalue weighted by Gasteiger charge is 2.15. The van der Waals surface area contributed by atoms with Gasteiger partial charge in [-0.3, -0.25) is 0 Å². The normalized spacial score (nSPS) is 11.5. The van der Waals surface area contributed by atoms with E-state index in [0.717, 1.165) is 18.2 Å². The molecule has 0 aliphatic heterocycles. The third-order valence-electron chi connectivity index (χ3n) is 3.44. The van der Waals surface area contributed by atoms with Crippen molar-refractivity contribution in [2.75, 3.05) is 18.4 Å². The molecule has 0 atom stereocenters. The number of halogens is 2. The van der Waals surface area contributed by atoms with E-state index in [1.54, 1.807) is 12.1 Å². The molecule has 3 rings (SSSR count). The van der Waals surface area contributed by atoms with Crippen molar-refractivity contribution in [2.24, 2.45) is 0 Å². The highest BCUT2D eigenvalue weighted by molar-refractivity contribution is 7.89. The number of hydrogen-bond acceptors (Lipinski definition) is 5. The fourth-order valence-corrected chi connectivity index (χ4v) is 3.45. The summed E-state index contributed by atoms with van der Waals surface area (Å²) in [4.78, 5) is -0.0974. The van der Waals surface area contributed by atoms with Crippen molar-refractivity contribution < 1.29 is 12.8 Å². The standard InChI is InChI=1S/C16H15ClFN5O2S/c17-13-11-12(3-4-14(13)18)26(24,25)20-8-7-19-15-5-6-16(22-21-15)23-9-1-2-10-23/h1-6,9-11,20H,7-8H2,(H,19,21). The van der Waals surface area contributed by atoms with Gasteiger partial charge in [0, 0.05) is 25.5 Å². The van der Waals surface area contributed by atoms with Gasteiger partial charge in [-0.25, -0.2) is 17.5 Å². The fraction of sp³-hybridized carbons (Fsp3) is 0.125. The lowest BCUT2D eigenvalue weighted by Gasteiger charge is -2.09. The summed E-state index contributed by atoms with van der Waals surface area (Å²) in [5.74, 6) is 0.522. The molecule has 2 N–H and O–H groups in total. The zero-order valence-electron chi connectivity index (χ0n) is 13.4. The summed E-state index contributed by atoms with van der Waals surface area (Å²) in [6.45, 7) is 0.407. The summed E-state index contributed by atoms with van der Waals surface area (Å²) < 4.78 is 41.6. The second-order valence-corrected chi connectivity index (χ2v) is 7.44. The first-order valence-electron chi connectivity index (χ1n) is 7.61. The molecule has 7 nitrogen and oxygen atoms in total. The number of rotatable bonds is 7. The molecule has 26 heavy (non-hydrogen) atoms. The Morgan fingerprint density at radius 1 is 1.08 bits per heavy atom. The van der Waals surface area contributed by atoms with Gasteiger partial charge in [0.25, 0.3) is 0 Å². The molecule has 0 radical (unpaired) electrons. The molecule has 0 amide bonds. The fourth-order valence-electron chi connectivity index (χ4n) is 2.15. The van der Waals surface area contributed by atoms with E-state index in [0.29, 0.717) is 18.2 Å². The average molecular weight is 396 g/mol. The van der Waals surface area contributed by atoms with Gasteiger partial charge in [-0.05, 0) is 42.5 Å². The molecule has 3 aromatic rings. The van der Waals surface area contributed by atoms with Crippen molar-refractivity contribution in [3.63, 3.8) is 0 Å². The molecule has 10 heteroatoms. The molecule has 0 saturated carbocycles. The average Bonchev–Trinajstić information content (AvgIpc) is 3.16. The number of aromatic nitrogens is 3. The van der Waals surface area contributed by atoms with Gasteiger partial charge in [0.15, 0.2) is 5.82 Å². The van der Waals surface area contributed by atoms with Crippen molar-refractivity contribution in [3.8, 4) is 5.82 Å². The topological polar surface area (TPSA) is 88.9 Å². The third-order valence-corrected chi connectivity index (χ3v) is 5.19. The third kappa shape index (κ3) is 4.37. The minimum Gasteiger partial charge on any atom is -0.367 e. The number of hydrogen-bond donors (Lipinski definition) is 2. The quantitative estimate of drug-likeness (QED) is 0.600.